The summed E-state index contributed by atoms with van der Waals surface area (Å²) in [4.78, 5) is 48.9. The molecule has 0 aromatic rings. The van der Waals surface area contributed by atoms with Crippen LogP contribution in [-0.2, 0) is 42.9 Å². The number of esters is 4. The summed E-state index contributed by atoms with van der Waals surface area (Å²) in [6.45, 7) is 3.41. The van der Waals surface area contributed by atoms with Gasteiger partial charge in [0.1, 0.15) is 29.6 Å². The Balaban J connectivity index is 1.48. The molecule has 3 saturated heterocycles. The number of fused-ring (bicyclic) bond motifs is 1. The molecule has 0 radical (unpaired) electrons. The highest BCUT2D eigenvalue weighted by Crippen LogP contribution is 2.51. The summed E-state index contributed by atoms with van der Waals surface area (Å²) in [7, 11) is 1.23. The molecule has 9 nitrogen and oxygen atoms in total. The summed E-state index contributed by atoms with van der Waals surface area (Å²) in [5.74, 6) is -3.90. The second kappa shape index (κ2) is 7.44. The normalized spacial score (nSPS) is 36.2. The van der Waals surface area contributed by atoms with E-state index in [-0.39, 0.29) is 6.42 Å². The van der Waals surface area contributed by atoms with E-state index in [0.717, 1.165) is 25.3 Å². The number of carbonyl (C=O) groups excluding carboxylic acids is 4. The smallest absolute Gasteiger partial charge is 0.330 e. The highest BCUT2D eigenvalue weighted by molar-refractivity contribution is 5.87. The van der Waals surface area contributed by atoms with Crippen LogP contribution in [0.25, 0.3) is 0 Å². The van der Waals surface area contributed by atoms with Gasteiger partial charge < -0.3 is 23.7 Å². The van der Waals surface area contributed by atoms with Crippen LogP contribution in [0.15, 0.2) is 12.7 Å². The van der Waals surface area contributed by atoms with Crippen molar-refractivity contribution in [1.29, 1.82) is 0 Å². The van der Waals surface area contributed by atoms with Crippen molar-refractivity contribution in [3.63, 3.8) is 0 Å². The molecule has 1 saturated carbocycles. The maximum absolute atomic E-state index is 12.8. The van der Waals surface area contributed by atoms with E-state index in [1.807, 2.05) is 0 Å². The molecule has 4 rings (SSSR count). The highest BCUT2D eigenvalue weighted by Gasteiger charge is 2.72. The predicted octanol–water partition coefficient (Wildman–Crippen LogP) is 0.832. The first-order valence-electron chi connectivity index (χ1n) is 9.88. The van der Waals surface area contributed by atoms with Crippen LogP contribution in [0.4, 0.5) is 0 Å². The Morgan fingerprint density at radius 2 is 1.90 bits per heavy atom. The molecule has 0 aromatic carbocycles. The largest absolute Gasteiger partial charge is 0.469 e. The minimum atomic E-state index is -0.935. The molecule has 158 valence electrons. The number of hydrogen-bond donors (Lipinski definition) is 0. The van der Waals surface area contributed by atoms with Gasteiger partial charge in [0.05, 0.1) is 13.5 Å². The fourth-order valence-electron chi connectivity index (χ4n) is 5.10. The van der Waals surface area contributed by atoms with Gasteiger partial charge in [0.2, 0.25) is 0 Å². The van der Waals surface area contributed by atoms with Crippen LogP contribution in [0.1, 0.15) is 38.5 Å². The summed E-state index contributed by atoms with van der Waals surface area (Å²) >= 11 is 0. The van der Waals surface area contributed by atoms with E-state index in [4.69, 9.17) is 23.7 Å². The Morgan fingerprint density at radius 3 is 2.55 bits per heavy atom. The summed E-state index contributed by atoms with van der Waals surface area (Å²) in [6.07, 6.45) is 1.69. The standard InChI is InChI=1S/C20H24O9/c1-3-10(21)29-20(7-5-4-6-8-20)9-11(22)26-16-14-12(18(23)25-2)13-15(27-14)17(16)28-19(13)24/h3,12-17H,1,4-9H2,2H3. The second-order valence-corrected chi connectivity index (χ2v) is 8.04. The van der Waals surface area contributed by atoms with Crippen molar-refractivity contribution in [2.45, 2.75) is 68.5 Å². The molecule has 1 aliphatic carbocycles. The van der Waals surface area contributed by atoms with Crippen molar-refractivity contribution in [3.8, 4) is 0 Å². The van der Waals surface area contributed by atoms with Gasteiger partial charge in [0.25, 0.3) is 0 Å². The first kappa shape index (κ1) is 19.9. The monoisotopic (exact) mass is 408 g/mol. The van der Waals surface area contributed by atoms with E-state index in [1.165, 1.54) is 7.11 Å². The van der Waals surface area contributed by atoms with Crippen LogP contribution < -0.4 is 0 Å². The average Bonchev–Trinajstić information content (AvgIpc) is 3.31. The summed E-state index contributed by atoms with van der Waals surface area (Å²) in [5, 5.41) is 0. The molecule has 6 unspecified atom stereocenters. The van der Waals surface area contributed by atoms with E-state index >= 15 is 0 Å². The topological polar surface area (TPSA) is 114 Å². The SMILES string of the molecule is C=CC(=O)OC1(CC(=O)OC2C3OC(=O)C4C3OC2C4C(=O)OC)CCCCC1. The van der Waals surface area contributed by atoms with Gasteiger partial charge in [-0.15, -0.1) is 0 Å². The lowest BCUT2D eigenvalue weighted by molar-refractivity contribution is -0.175. The van der Waals surface area contributed by atoms with Crippen molar-refractivity contribution in [1.82, 2.24) is 0 Å². The molecule has 9 heteroatoms. The maximum atomic E-state index is 12.8. The lowest BCUT2D eigenvalue weighted by atomic mass is 9.78. The molecule has 4 aliphatic rings. The predicted molar refractivity (Wildman–Crippen MR) is 94.1 cm³/mol. The molecular formula is C20H24O9. The van der Waals surface area contributed by atoms with Gasteiger partial charge in [0, 0.05) is 6.08 Å². The number of methoxy groups -OCH3 is 1. The number of carbonyl (C=O) groups is 4. The van der Waals surface area contributed by atoms with E-state index in [2.05, 4.69) is 6.58 Å². The minimum absolute atomic E-state index is 0.118. The zero-order chi connectivity index (χ0) is 20.8. The van der Waals surface area contributed by atoms with Crippen LogP contribution in [0.5, 0.6) is 0 Å². The minimum Gasteiger partial charge on any atom is -0.469 e. The molecular weight excluding hydrogens is 384 g/mol. The van der Waals surface area contributed by atoms with E-state index in [1.54, 1.807) is 0 Å². The van der Waals surface area contributed by atoms with Gasteiger partial charge in [-0.1, -0.05) is 13.0 Å². The number of rotatable bonds is 6. The first-order valence-corrected chi connectivity index (χ1v) is 9.88. The Morgan fingerprint density at radius 1 is 1.17 bits per heavy atom. The van der Waals surface area contributed by atoms with Crippen LogP contribution in [0.3, 0.4) is 0 Å². The number of hydrogen-bond acceptors (Lipinski definition) is 9. The fourth-order valence-corrected chi connectivity index (χ4v) is 5.10. The highest BCUT2D eigenvalue weighted by atomic mass is 16.7. The molecule has 3 aliphatic heterocycles. The summed E-state index contributed by atoms with van der Waals surface area (Å²) in [6, 6.07) is 0. The molecule has 2 bridgehead atoms. The van der Waals surface area contributed by atoms with Crippen LogP contribution >= 0.6 is 0 Å². The maximum Gasteiger partial charge on any atom is 0.330 e. The second-order valence-electron chi connectivity index (χ2n) is 8.04. The molecule has 3 heterocycles. The van der Waals surface area contributed by atoms with Crippen LogP contribution in [0.2, 0.25) is 0 Å². The molecule has 0 amide bonds. The van der Waals surface area contributed by atoms with Crippen molar-refractivity contribution < 1.29 is 42.9 Å². The van der Waals surface area contributed by atoms with Gasteiger partial charge in [-0.3, -0.25) is 14.4 Å². The quantitative estimate of drug-likeness (QED) is 0.358. The van der Waals surface area contributed by atoms with Crippen molar-refractivity contribution in [2.75, 3.05) is 7.11 Å². The summed E-state index contributed by atoms with van der Waals surface area (Å²) in [5.41, 5.74) is -0.935. The van der Waals surface area contributed by atoms with Gasteiger partial charge in [0.15, 0.2) is 12.2 Å². The molecule has 0 N–H and O–H groups in total. The Bertz CT molecular complexity index is 738. The lowest BCUT2D eigenvalue weighted by Crippen LogP contribution is -2.48. The van der Waals surface area contributed by atoms with Crippen LogP contribution in [-0.4, -0.2) is 61.0 Å². The Labute approximate surface area is 167 Å². The number of ether oxygens (including phenoxy) is 5. The van der Waals surface area contributed by atoms with Crippen molar-refractivity contribution in [2.24, 2.45) is 11.8 Å². The van der Waals surface area contributed by atoms with Gasteiger partial charge >= 0.3 is 23.9 Å². The van der Waals surface area contributed by atoms with E-state index in [9.17, 15) is 19.2 Å². The molecule has 0 aromatic heterocycles. The molecule has 0 spiro atoms. The Kier molecular flexibility index (Phi) is 5.10. The third-order valence-electron chi connectivity index (χ3n) is 6.36. The molecule has 29 heavy (non-hydrogen) atoms. The first-order chi connectivity index (χ1) is 13.9. The molecule has 6 atom stereocenters. The van der Waals surface area contributed by atoms with E-state index in [0.29, 0.717) is 12.8 Å². The van der Waals surface area contributed by atoms with Crippen molar-refractivity contribution >= 4 is 23.9 Å². The fraction of sp³-hybridized carbons (Fsp3) is 0.700. The van der Waals surface area contributed by atoms with E-state index < -0.39 is 65.7 Å². The van der Waals surface area contributed by atoms with Gasteiger partial charge in [-0.05, 0) is 25.7 Å². The third kappa shape index (κ3) is 3.31. The third-order valence-corrected chi connectivity index (χ3v) is 6.36. The average molecular weight is 408 g/mol. The van der Waals surface area contributed by atoms with Crippen molar-refractivity contribution in [3.05, 3.63) is 12.7 Å². The summed E-state index contributed by atoms with van der Waals surface area (Å²) < 4.78 is 27.0. The zero-order valence-electron chi connectivity index (χ0n) is 16.2. The van der Waals surface area contributed by atoms with Gasteiger partial charge in [-0.25, -0.2) is 4.79 Å². The van der Waals surface area contributed by atoms with Gasteiger partial charge in [-0.2, -0.15) is 0 Å². The zero-order valence-corrected chi connectivity index (χ0v) is 16.2. The Hall–Kier alpha value is -2.42. The van der Waals surface area contributed by atoms with Crippen LogP contribution in [0, 0.1) is 11.8 Å². The lowest BCUT2D eigenvalue weighted by Gasteiger charge is -2.36. The molecule has 4 fully saturated rings.